The van der Waals surface area contributed by atoms with Crippen LogP contribution in [-0.4, -0.2) is 14.9 Å². The average Bonchev–Trinajstić information content (AvgIpc) is 2.34. The molecule has 0 fully saturated rings. The second-order valence-corrected chi connectivity index (χ2v) is 1.52. The van der Waals surface area contributed by atoms with Gasteiger partial charge < -0.3 is 10.1 Å². The Morgan fingerprint density at radius 1 is 1.90 bits per heavy atom. The van der Waals surface area contributed by atoms with Gasteiger partial charge in [0.05, 0.1) is 0 Å². The first-order chi connectivity index (χ1) is 4.74. The van der Waals surface area contributed by atoms with Gasteiger partial charge in [0, 0.05) is 0 Å². The highest BCUT2D eigenvalue weighted by Gasteiger charge is 2.07. The number of hydrogen-bond acceptors (Lipinski definition) is 3. The molecule has 0 saturated heterocycles. The fourth-order valence-electron chi connectivity index (χ4n) is 0.477. The molecule has 0 unspecified atom stereocenters. The second-order valence-electron chi connectivity index (χ2n) is 1.52. The van der Waals surface area contributed by atoms with Crippen molar-refractivity contribution in [2.24, 2.45) is 0 Å². The lowest BCUT2D eigenvalue weighted by molar-refractivity contribution is -0.393. The molecule has 0 saturated carbocycles. The Hall–Kier alpha value is -1.83. The number of H-pyrrole nitrogens is 1. The molecule has 0 amide bonds. The van der Waals surface area contributed by atoms with Gasteiger partial charge in [0.1, 0.15) is 0 Å². The zero-order valence-corrected chi connectivity index (χ0v) is 4.87. The molecule has 1 rings (SSSR count). The molecule has 0 bridgehead atoms. The van der Waals surface area contributed by atoms with Gasteiger partial charge in [0.2, 0.25) is 0 Å². The van der Waals surface area contributed by atoms with E-state index < -0.39 is 4.92 Å². The molecule has 0 atom stereocenters. The summed E-state index contributed by atoms with van der Waals surface area (Å²) in [4.78, 5) is 15.0. The normalized spacial score (nSPS) is 8.70. The molecule has 50 valence electrons. The van der Waals surface area contributed by atoms with E-state index >= 15 is 0 Å². The van der Waals surface area contributed by atoms with Crippen LogP contribution >= 0.6 is 0 Å². The van der Waals surface area contributed by atoms with Crippen molar-refractivity contribution in [2.75, 3.05) is 0 Å². The van der Waals surface area contributed by atoms with Crippen LogP contribution in [0.3, 0.4) is 0 Å². The summed E-state index contributed by atoms with van der Waals surface area (Å²) in [7, 11) is 0. The maximum Gasteiger partial charge on any atom is 0.433 e. The van der Waals surface area contributed by atoms with Crippen LogP contribution in [0.25, 0.3) is 0 Å². The van der Waals surface area contributed by atoms with Gasteiger partial charge in [0.25, 0.3) is 0 Å². The van der Waals surface area contributed by atoms with Gasteiger partial charge in [-0.2, -0.15) is 0 Å². The van der Waals surface area contributed by atoms with Gasteiger partial charge in [-0.25, -0.2) is 4.98 Å². The molecule has 0 aromatic carbocycles. The van der Waals surface area contributed by atoms with Crippen LogP contribution in [0.15, 0.2) is 6.20 Å². The van der Waals surface area contributed by atoms with Gasteiger partial charge in [-0.05, 0) is 10.8 Å². The summed E-state index contributed by atoms with van der Waals surface area (Å²) in [5, 5.41) is 9.97. The molecule has 1 heterocycles. The summed E-state index contributed by atoms with van der Waals surface area (Å²) < 4.78 is 0. The summed E-state index contributed by atoms with van der Waals surface area (Å²) >= 11 is 0. The van der Waals surface area contributed by atoms with E-state index in [1.807, 2.05) is 0 Å². The SMILES string of the molecule is C#Cc1cnc([N+](=O)[O-])[nH]1. The van der Waals surface area contributed by atoms with Gasteiger partial charge in [-0.3, -0.25) is 0 Å². The molecular formula is C5H3N3O2. The Labute approximate surface area is 56.2 Å². The number of hydrogen-bond donors (Lipinski definition) is 1. The third kappa shape index (κ3) is 0.951. The van der Waals surface area contributed by atoms with E-state index in [1.54, 1.807) is 0 Å². The van der Waals surface area contributed by atoms with Crippen molar-refractivity contribution in [3.8, 4) is 12.3 Å². The number of nitrogens with zero attached hydrogens (tertiary/aromatic N) is 2. The predicted molar refractivity (Wildman–Crippen MR) is 33.2 cm³/mol. The van der Waals surface area contributed by atoms with E-state index in [2.05, 4.69) is 15.9 Å². The number of aromatic amines is 1. The Kier molecular flexibility index (Phi) is 1.38. The number of imidazole rings is 1. The number of aromatic nitrogens is 2. The molecule has 1 aromatic heterocycles. The van der Waals surface area contributed by atoms with Crippen molar-refractivity contribution in [2.45, 2.75) is 0 Å². The maximum atomic E-state index is 9.97. The molecule has 10 heavy (non-hydrogen) atoms. The first-order valence-corrected chi connectivity index (χ1v) is 2.40. The summed E-state index contributed by atoms with van der Waals surface area (Å²) in [6.07, 6.45) is 6.15. The first-order valence-electron chi connectivity index (χ1n) is 2.40. The summed E-state index contributed by atoms with van der Waals surface area (Å²) in [5.41, 5.74) is 0.312. The minimum absolute atomic E-state index is 0.312. The molecule has 0 aliphatic heterocycles. The highest BCUT2D eigenvalue weighted by atomic mass is 16.6. The van der Waals surface area contributed by atoms with Gasteiger partial charge >= 0.3 is 5.95 Å². The first kappa shape index (κ1) is 6.29. The average molecular weight is 137 g/mol. The van der Waals surface area contributed by atoms with Crippen molar-refractivity contribution >= 4 is 5.95 Å². The van der Waals surface area contributed by atoms with Gasteiger partial charge in [-0.1, -0.05) is 4.98 Å². The van der Waals surface area contributed by atoms with E-state index in [4.69, 9.17) is 6.42 Å². The predicted octanol–water partition coefficient (Wildman–Crippen LogP) is 0.299. The second kappa shape index (κ2) is 2.19. The van der Waals surface area contributed by atoms with Crippen LogP contribution < -0.4 is 0 Å². The molecule has 0 aliphatic carbocycles. The third-order valence-corrected chi connectivity index (χ3v) is 0.891. The van der Waals surface area contributed by atoms with Crippen LogP contribution in [0, 0.1) is 22.5 Å². The van der Waals surface area contributed by atoms with Gasteiger partial charge in [-0.15, -0.1) is 6.42 Å². The monoisotopic (exact) mass is 137 g/mol. The molecule has 1 aromatic rings. The lowest BCUT2D eigenvalue weighted by Crippen LogP contribution is -1.89. The molecule has 0 aliphatic rings. The van der Waals surface area contributed by atoms with Crippen LogP contribution in [0.5, 0.6) is 0 Å². The zero-order valence-electron chi connectivity index (χ0n) is 4.87. The standard InChI is InChI=1S/C5H3N3O2/c1-2-4-3-6-5(7-4)8(9)10/h1,3H,(H,6,7). The Balaban J connectivity index is 3.02. The zero-order chi connectivity index (χ0) is 7.56. The Morgan fingerprint density at radius 2 is 2.60 bits per heavy atom. The quantitative estimate of drug-likeness (QED) is 0.343. The van der Waals surface area contributed by atoms with Crippen LogP contribution in [0.4, 0.5) is 5.95 Å². The van der Waals surface area contributed by atoms with Crippen LogP contribution in [0.2, 0.25) is 0 Å². The molecule has 5 nitrogen and oxygen atoms in total. The Bertz CT molecular complexity index is 296. The molecule has 0 spiro atoms. The van der Waals surface area contributed by atoms with E-state index in [1.165, 1.54) is 6.20 Å². The number of nitro groups is 1. The summed E-state index contributed by atoms with van der Waals surface area (Å²) in [5.74, 6) is 1.85. The highest BCUT2D eigenvalue weighted by Crippen LogP contribution is 2.02. The van der Waals surface area contributed by atoms with Gasteiger partial charge in [0.15, 0.2) is 11.9 Å². The van der Waals surface area contributed by atoms with Crippen molar-refractivity contribution in [3.63, 3.8) is 0 Å². The van der Waals surface area contributed by atoms with E-state index in [9.17, 15) is 10.1 Å². The topological polar surface area (TPSA) is 71.8 Å². The highest BCUT2D eigenvalue weighted by molar-refractivity contribution is 5.25. The van der Waals surface area contributed by atoms with Crippen molar-refractivity contribution in [1.82, 2.24) is 9.97 Å². The largest absolute Gasteiger partial charge is 0.433 e. The fraction of sp³-hybridized carbons (Fsp3) is 0. The number of terminal acetylenes is 1. The lowest BCUT2D eigenvalue weighted by Gasteiger charge is -1.84. The number of nitrogens with one attached hydrogen (secondary N) is 1. The molecule has 5 heteroatoms. The minimum Gasteiger partial charge on any atom is -0.390 e. The summed E-state index contributed by atoms with van der Waals surface area (Å²) in [6, 6.07) is 0. The van der Waals surface area contributed by atoms with Crippen LogP contribution in [0.1, 0.15) is 5.69 Å². The van der Waals surface area contributed by atoms with E-state index in [-0.39, 0.29) is 5.95 Å². The Morgan fingerprint density at radius 3 is 2.90 bits per heavy atom. The van der Waals surface area contributed by atoms with Crippen molar-refractivity contribution in [1.29, 1.82) is 0 Å². The smallest absolute Gasteiger partial charge is 0.390 e. The lowest BCUT2D eigenvalue weighted by atomic mass is 10.5. The molecule has 0 radical (unpaired) electrons. The van der Waals surface area contributed by atoms with Crippen LogP contribution in [-0.2, 0) is 0 Å². The van der Waals surface area contributed by atoms with Crippen molar-refractivity contribution in [3.05, 3.63) is 22.0 Å². The van der Waals surface area contributed by atoms with E-state index in [0.29, 0.717) is 5.69 Å². The molecule has 1 N–H and O–H groups in total. The van der Waals surface area contributed by atoms with E-state index in [0.717, 1.165) is 0 Å². The maximum absolute atomic E-state index is 9.97. The number of rotatable bonds is 1. The van der Waals surface area contributed by atoms with Crippen molar-refractivity contribution < 1.29 is 4.92 Å². The summed E-state index contributed by atoms with van der Waals surface area (Å²) in [6.45, 7) is 0. The fourth-order valence-corrected chi connectivity index (χ4v) is 0.477. The molecular weight excluding hydrogens is 134 g/mol. The third-order valence-electron chi connectivity index (χ3n) is 0.891. The minimum atomic E-state index is -0.638.